The summed E-state index contributed by atoms with van der Waals surface area (Å²) in [7, 11) is -3.13. The summed E-state index contributed by atoms with van der Waals surface area (Å²) in [5.74, 6) is 0. The van der Waals surface area contributed by atoms with Gasteiger partial charge in [0, 0.05) is 10.9 Å². The van der Waals surface area contributed by atoms with Gasteiger partial charge in [-0.2, -0.15) is 4.40 Å². The molecule has 27 heavy (non-hydrogen) atoms. The largest absolute Gasteiger partial charge is 0.413 e. The van der Waals surface area contributed by atoms with Gasteiger partial charge in [0.25, 0.3) is 0 Å². The van der Waals surface area contributed by atoms with Gasteiger partial charge in [-0.25, -0.2) is 9.19 Å². The minimum Gasteiger partial charge on any atom is -0.413 e. The summed E-state index contributed by atoms with van der Waals surface area (Å²) in [6.45, 7) is 17.1. The van der Waals surface area contributed by atoms with E-state index in [1.807, 2.05) is 20.8 Å². The van der Waals surface area contributed by atoms with Crippen molar-refractivity contribution in [2.75, 3.05) is 0 Å². The molecule has 0 amide bonds. The van der Waals surface area contributed by atoms with Crippen LogP contribution in [0, 0.1) is 0 Å². The Balaban J connectivity index is 2.27. The predicted octanol–water partition coefficient (Wildman–Crippen LogP) is 5.98. The van der Waals surface area contributed by atoms with Crippen LogP contribution in [0.3, 0.4) is 0 Å². The smallest absolute Gasteiger partial charge is 0.192 e. The molecule has 0 aliphatic heterocycles. The summed E-state index contributed by atoms with van der Waals surface area (Å²) >= 11 is 7.31. The lowest BCUT2D eigenvalue weighted by Gasteiger charge is -2.38. The van der Waals surface area contributed by atoms with Crippen LogP contribution in [-0.4, -0.2) is 34.6 Å². The van der Waals surface area contributed by atoms with Gasteiger partial charge in [0.1, 0.15) is 15.6 Å². The van der Waals surface area contributed by atoms with Crippen molar-refractivity contribution in [2.45, 2.75) is 83.4 Å². The van der Waals surface area contributed by atoms with Crippen molar-refractivity contribution in [3.8, 4) is 0 Å². The third kappa shape index (κ3) is 5.38. The molecule has 0 saturated heterocycles. The monoisotopic (exact) mass is 536 g/mol. The SMILES string of the molecule is CC(C)(C)S(=O)N=Cc1nc(Br)c2c(c1Br)CC(O[Si](C)(C)C(C)(C)C)C2. The Bertz CT molecular complexity index is 783. The number of hydrogen-bond donors (Lipinski definition) is 0. The maximum Gasteiger partial charge on any atom is 0.192 e. The molecule has 1 aromatic heterocycles. The average molecular weight is 538 g/mol. The van der Waals surface area contributed by atoms with E-state index in [1.54, 1.807) is 6.21 Å². The quantitative estimate of drug-likeness (QED) is 0.270. The van der Waals surface area contributed by atoms with Crippen LogP contribution in [0.4, 0.5) is 0 Å². The second-order valence-corrected chi connectivity index (χ2v) is 17.8. The number of halogens is 2. The van der Waals surface area contributed by atoms with Crippen LogP contribution in [-0.2, 0) is 28.3 Å². The second kappa shape index (κ2) is 8.09. The van der Waals surface area contributed by atoms with Crippen LogP contribution in [0.1, 0.15) is 58.4 Å². The van der Waals surface area contributed by atoms with E-state index >= 15 is 0 Å². The van der Waals surface area contributed by atoms with Crippen molar-refractivity contribution in [1.29, 1.82) is 0 Å². The maximum absolute atomic E-state index is 12.2. The Labute approximate surface area is 184 Å². The van der Waals surface area contributed by atoms with E-state index in [2.05, 4.69) is 75.1 Å². The summed E-state index contributed by atoms with van der Waals surface area (Å²) in [5.41, 5.74) is 3.11. The van der Waals surface area contributed by atoms with Crippen LogP contribution in [0.15, 0.2) is 13.5 Å². The molecule has 0 aromatic carbocycles. The molecule has 1 heterocycles. The van der Waals surface area contributed by atoms with E-state index in [9.17, 15) is 4.21 Å². The number of pyridine rings is 1. The maximum atomic E-state index is 12.2. The van der Waals surface area contributed by atoms with Gasteiger partial charge < -0.3 is 4.43 Å². The van der Waals surface area contributed by atoms with Crippen LogP contribution in [0.2, 0.25) is 18.1 Å². The highest BCUT2D eigenvalue weighted by atomic mass is 79.9. The molecule has 1 aromatic rings. The molecule has 0 fully saturated rings. The highest BCUT2D eigenvalue weighted by molar-refractivity contribution is 9.11. The highest BCUT2D eigenvalue weighted by Crippen LogP contribution is 2.41. The summed E-state index contributed by atoms with van der Waals surface area (Å²) in [6.07, 6.45) is 3.50. The molecule has 152 valence electrons. The van der Waals surface area contributed by atoms with Crippen molar-refractivity contribution in [2.24, 2.45) is 4.40 Å². The lowest BCUT2D eigenvalue weighted by molar-refractivity contribution is 0.191. The van der Waals surface area contributed by atoms with Gasteiger partial charge >= 0.3 is 0 Å². The molecule has 2 unspecified atom stereocenters. The summed E-state index contributed by atoms with van der Waals surface area (Å²) in [6, 6.07) is 0. The standard InChI is InChI=1S/C19H30Br2N2O2SSi/c1-18(2,3)26(24)22-11-15-16(20)13-9-12(10-14(13)17(21)23-15)25-27(7,8)19(4,5)6/h11-12H,9-10H2,1-8H3. The molecule has 1 aliphatic rings. The van der Waals surface area contributed by atoms with Crippen molar-refractivity contribution in [1.82, 2.24) is 4.98 Å². The Morgan fingerprint density at radius 2 is 1.70 bits per heavy atom. The van der Waals surface area contributed by atoms with Gasteiger partial charge in [-0.05, 0) is 88.3 Å². The Morgan fingerprint density at radius 3 is 2.22 bits per heavy atom. The van der Waals surface area contributed by atoms with Crippen molar-refractivity contribution < 1.29 is 8.63 Å². The van der Waals surface area contributed by atoms with Crippen molar-refractivity contribution in [3.63, 3.8) is 0 Å². The molecule has 8 heteroatoms. The van der Waals surface area contributed by atoms with E-state index in [0.717, 1.165) is 21.9 Å². The van der Waals surface area contributed by atoms with Crippen LogP contribution >= 0.6 is 31.9 Å². The zero-order valence-corrected chi connectivity index (χ0v) is 22.4. The fourth-order valence-corrected chi connectivity index (χ4v) is 5.65. The first-order chi connectivity index (χ1) is 12.1. The van der Waals surface area contributed by atoms with Crippen molar-refractivity contribution >= 4 is 57.4 Å². The van der Waals surface area contributed by atoms with E-state index in [1.165, 1.54) is 11.1 Å². The molecule has 0 bridgehead atoms. The minimum atomic E-state index is -1.83. The van der Waals surface area contributed by atoms with Crippen LogP contribution < -0.4 is 0 Å². The lowest BCUT2D eigenvalue weighted by atomic mass is 10.1. The lowest BCUT2D eigenvalue weighted by Crippen LogP contribution is -2.44. The van der Waals surface area contributed by atoms with Gasteiger partial charge in [-0.3, -0.25) is 0 Å². The van der Waals surface area contributed by atoms with E-state index in [-0.39, 0.29) is 15.9 Å². The Hall–Kier alpha value is 0.107. The average Bonchev–Trinajstić information content (AvgIpc) is 2.90. The Kier molecular flexibility index (Phi) is 7.01. The summed E-state index contributed by atoms with van der Waals surface area (Å²) in [4.78, 5) is 4.62. The zero-order valence-electron chi connectivity index (χ0n) is 17.4. The first-order valence-corrected chi connectivity index (χ1v) is 14.7. The first-order valence-electron chi connectivity index (χ1n) is 9.14. The molecule has 0 radical (unpaired) electrons. The molecular weight excluding hydrogens is 508 g/mol. The molecule has 2 atom stereocenters. The fraction of sp³-hybridized carbons (Fsp3) is 0.684. The first kappa shape index (κ1) is 23.4. The molecular formula is C19H30Br2N2O2SSi. The van der Waals surface area contributed by atoms with Crippen LogP contribution in [0.25, 0.3) is 0 Å². The molecule has 1 aliphatic carbocycles. The fourth-order valence-electron chi connectivity index (χ4n) is 2.60. The normalized spacial score (nSPS) is 19.6. The van der Waals surface area contributed by atoms with Gasteiger partial charge in [0.2, 0.25) is 0 Å². The number of aromatic nitrogens is 1. The van der Waals surface area contributed by atoms with Gasteiger partial charge in [-0.1, -0.05) is 20.8 Å². The molecule has 0 saturated carbocycles. The number of fused-ring (bicyclic) bond motifs is 1. The van der Waals surface area contributed by atoms with E-state index in [0.29, 0.717) is 5.69 Å². The molecule has 0 spiro atoms. The third-order valence-corrected chi connectivity index (χ3v) is 12.7. The van der Waals surface area contributed by atoms with E-state index < -0.39 is 19.3 Å². The second-order valence-electron chi connectivity index (χ2n) is 9.56. The highest BCUT2D eigenvalue weighted by Gasteiger charge is 2.41. The third-order valence-electron chi connectivity index (χ3n) is 5.25. The van der Waals surface area contributed by atoms with Gasteiger partial charge in [-0.15, -0.1) is 0 Å². The van der Waals surface area contributed by atoms with Gasteiger partial charge in [0.05, 0.1) is 22.8 Å². The van der Waals surface area contributed by atoms with Crippen LogP contribution in [0.5, 0.6) is 0 Å². The topological polar surface area (TPSA) is 51.5 Å². The molecule has 0 N–H and O–H groups in total. The predicted molar refractivity (Wildman–Crippen MR) is 125 cm³/mol. The van der Waals surface area contributed by atoms with E-state index in [4.69, 9.17) is 4.43 Å². The summed E-state index contributed by atoms with van der Waals surface area (Å²) < 4.78 is 24.4. The number of rotatable bonds is 4. The van der Waals surface area contributed by atoms with Crippen molar-refractivity contribution in [3.05, 3.63) is 25.9 Å². The number of hydrogen-bond acceptors (Lipinski definition) is 3. The Morgan fingerprint density at radius 1 is 1.15 bits per heavy atom. The zero-order chi connectivity index (χ0) is 20.8. The molecule has 4 nitrogen and oxygen atoms in total. The minimum absolute atomic E-state index is 0.172. The summed E-state index contributed by atoms with van der Waals surface area (Å²) in [5, 5.41) is 0.184. The van der Waals surface area contributed by atoms with Gasteiger partial charge in [0.15, 0.2) is 8.32 Å². The molecule has 2 rings (SSSR count). The number of nitrogens with zero attached hydrogens (tertiary/aromatic N) is 2.